The van der Waals surface area contributed by atoms with Gasteiger partial charge in [-0.15, -0.1) is 0 Å². The highest BCUT2D eigenvalue weighted by molar-refractivity contribution is 7.20. The van der Waals surface area contributed by atoms with Gasteiger partial charge in [0.05, 0.1) is 11.2 Å². The Morgan fingerprint density at radius 1 is 1.32 bits per heavy atom. The van der Waals surface area contributed by atoms with Gasteiger partial charge in [0, 0.05) is 37.1 Å². The number of nitrogens with zero attached hydrogens (tertiary/aromatic N) is 3. The Labute approximate surface area is 183 Å². The molecule has 0 spiro atoms. The number of rotatable bonds is 5. The van der Waals surface area contributed by atoms with E-state index in [9.17, 15) is 4.79 Å². The zero-order valence-electron chi connectivity index (χ0n) is 17.1. The second-order valence-corrected chi connectivity index (χ2v) is 9.43. The van der Waals surface area contributed by atoms with Crippen LogP contribution < -0.4 is 10.1 Å². The normalized spacial score (nSPS) is 23.1. The number of benzene rings is 1. The lowest BCUT2D eigenvalue weighted by Crippen LogP contribution is -2.44. The smallest absolute Gasteiger partial charge is 0.281 e. The number of carbonyl (C=O) groups is 1. The van der Waals surface area contributed by atoms with Crippen molar-refractivity contribution in [3.05, 3.63) is 48.4 Å². The highest BCUT2D eigenvalue weighted by Gasteiger charge is 2.44. The number of ether oxygens (including phenoxy) is 1. The molecule has 7 nitrogen and oxygen atoms in total. The molecule has 31 heavy (non-hydrogen) atoms. The lowest BCUT2D eigenvalue weighted by atomic mass is 10.0. The molecular formula is C23H22N4O3S. The number of amides is 1. The van der Waals surface area contributed by atoms with Crippen molar-refractivity contribution in [1.29, 1.82) is 0 Å². The Morgan fingerprint density at radius 3 is 3.06 bits per heavy atom. The number of piperidine rings is 1. The van der Waals surface area contributed by atoms with Gasteiger partial charge in [-0.1, -0.05) is 11.3 Å². The summed E-state index contributed by atoms with van der Waals surface area (Å²) in [6, 6.07) is 12.7. The van der Waals surface area contributed by atoms with Crippen LogP contribution in [0.5, 0.6) is 10.9 Å². The van der Waals surface area contributed by atoms with E-state index in [1.807, 2.05) is 30.3 Å². The van der Waals surface area contributed by atoms with E-state index >= 15 is 0 Å². The maximum absolute atomic E-state index is 11.4. The molecule has 4 heterocycles. The Balaban J connectivity index is 1.16. The van der Waals surface area contributed by atoms with Crippen molar-refractivity contribution in [2.45, 2.75) is 38.4 Å². The molecule has 1 aliphatic heterocycles. The van der Waals surface area contributed by atoms with Crippen LogP contribution in [0.15, 0.2) is 47.0 Å². The van der Waals surface area contributed by atoms with Crippen molar-refractivity contribution in [3.8, 4) is 10.9 Å². The molecule has 1 aromatic carbocycles. The molecular weight excluding hydrogens is 412 g/mol. The topological polar surface area (TPSA) is 80.5 Å². The number of pyridine rings is 1. The van der Waals surface area contributed by atoms with Gasteiger partial charge in [-0.05, 0) is 55.2 Å². The van der Waals surface area contributed by atoms with E-state index in [1.165, 1.54) is 11.3 Å². The number of hydrogen-bond acceptors (Lipinski definition) is 7. The van der Waals surface area contributed by atoms with Crippen molar-refractivity contribution < 1.29 is 13.9 Å². The largest absolute Gasteiger partial charge is 0.460 e. The fourth-order valence-electron chi connectivity index (χ4n) is 4.99. The number of carbonyl (C=O) groups excluding carboxylic acids is 1. The third-order valence-electron chi connectivity index (χ3n) is 6.29. The van der Waals surface area contributed by atoms with E-state index in [2.05, 4.69) is 26.3 Å². The van der Waals surface area contributed by atoms with Gasteiger partial charge in [0.15, 0.2) is 5.65 Å². The summed E-state index contributed by atoms with van der Waals surface area (Å²) in [4.78, 5) is 22.6. The Morgan fingerprint density at radius 2 is 2.26 bits per heavy atom. The quantitative estimate of drug-likeness (QED) is 0.504. The molecule has 2 unspecified atom stereocenters. The number of likely N-dealkylation sites (tertiary alicyclic amines) is 1. The van der Waals surface area contributed by atoms with Gasteiger partial charge in [-0.2, -0.15) is 4.98 Å². The van der Waals surface area contributed by atoms with Gasteiger partial charge in [0.25, 0.3) is 5.19 Å². The van der Waals surface area contributed by atoms with Crippen LogP contribution in [0.4, 0.5) is 0 Å². The van der Waals surface area contributed by atoms with Crippen molar-refractivity contribution in [2.75, 3.05) is 6.54 Å². The third kappa shape index (κ3) is 3.55. The van der Waals surface area contributed by atoms with Crippen molar-refractivity contribution in [1.82, 2.24) is 20.2 Å². The predicted molar refractivity (Wildman–Crippen MR) is 118 cm³/mol. The Kier molecular flexibility index (Phi) is 4.43. The van der Waals surface area contributed by atoms with E-state index in [1.54, 1.807) is 13.1 Å². The van der Waals surface area contributed by atoms with Gasteiger partial charge in [-0.3, -0.25) is 9.69 Å². The molecule has 3 atom stereocenters. The minimum Gasteiger partial charge on any atom is -0.460 e. The minimum atomic E-state index is 0.0708. The Bertz CT molecular complexity index is 1250. The molecule has 4 aromatic rings. The zero-order chi connectivity index (χ0) is 20.9. The summed E-state index contributed by atoms with van der Waals surface area (Å²) < 4.78 is 13.1. The van der Waals surface area contributed by atoms with E-state index in [0.29, 0.717) is 28.8 Å². The molecule has 8 heteroatoms. The number of furan rings is 1. The third-order valence-corrected chi connectivity index (χ3v) is 7.18. The summed E-state index contributed by atoms with van der Waals surface area (Å²) >= 11 is 1.48. The van der Waals surface area contributed by atoms with Crippen molar-refractivity contribution in [3.63, 3.8) is 0 Å². The van der Waals surface area contributed by atoms with Gasteiger partial charge in [0.1, 0.15) is 17.1 Å². The molecule has 3 aromatic heterocycles. The fraction of sp³-hybridized carbons (Fsp3) is 0.348. The first-order valence-electron chi connectivity index (χ1n) is 10.5. The molecule has 1 saturated carbocycles. The van der Waals surface area contributed by atoms with Crippen LogP contribution in [-0.2, 0) is 11.3 Å². The first-order chi connectivity index (χ1) is 15.1. The van der Waals surface area contributed by atoms with E-state index in [4.69, 9.17) is 9.15 Å². The predicted octanol–water partition coefficient (Wildman–Crippen LogP) is 4.33. The molecule has 1 N–H and O–H groups in total. The minimum absolute atomic E-state index is 0.0708. The zero-order valence-corrected chi connectivity index (χ0v) is 17.9. The number of thiazole rings is 1. The monoisotopic (exact) mass is 434 g/mol. The first kappa shape index (κ1) is 18.8. The maximum Gasteiger partial charge on any atom is 0.281 e. The molecule has 0 radical (unpaired) electrons. The van der Waals surface area contributed by atoms with Crippen LogP contribution in [0.1, 0.15) is 25.5 Å². The van der Waals surface area contributed by atoms with Gasteiger partial charge < -0.3 is 14.5 Å². The Hall–Kier alpha value is -2.97. The SMILES string of the molecule is CC(=O)N[C@H]1CC2CC1CN2Cc1cc2cc(Oc3nc4ncccc4s3)ccc2o1. The number of aromatic nitrogens is 2. The second-order valence-electron chi connectivity index (χ2n) is 8.44. The number of fused-ring (bicyclic) bond motifs is 4. The van der Waals surface area contributed by atoms with E-state index < -0.39 is 0 Å². The van der Waals surface area contributed by atoms with Gasteiger partial charge >= 0.3 is 0 Å². The van der Waals surface area contributed by atoms with E-state index in [-0.39, 0.29) is 5.91 Å². The van der Waals surface area contributed by atoms with Gasteiger partial charge in [-0.25, -0.2) is 4.98 Å². The van der Waals surface area contributed by atoms with Crippen LogP contribution in [0.25, 0.3) is 21.3 Å². The summed E-state index contributed by atoms with van der Waals surface area (Å²) in [6.07, 6.45) is 3.91. The highest BCUT2D eigenvalue weighted by atomic mass is 32.1. The standard InChI is InChI=1S/C23H22N4O3S/c1-13(28)25-19-10-16-7-15(19)11-27(16)12-18-9-14-8-17(4-5-20(14)29-18)30-23-26-22-21(31-23)3-2-6-24-22/h2-6,8-9,15-16,19H,7,10-12H2,1H3,(H,25,28)/t15?,16?,19-/m0/s1. The van der Waals surface area contributed by atoms with E-state index in [0.717, 1.165) is 53.1 Å². The van der Waals surface area contributed by atoms with Crippen LogP contribution in [0, 0.1) is 5.92 Å². The molecule has 158 valence electrons. The van der Waals surface area contributed by atoms with Crippen molar-refractivity contribution >= 4 is 38.6 Å². The number of nitrogens with one attached hydrogen (secondary N) is 1. The molecule has 6 rings (SSSR count). The summed E-state index contributed by atoms with van der Waals surface area (Å²) in [5.41, 5.74) is 1.56. The van der Waals surface area contributed by atoms with Crippen molar-refractivity contribution in [2.24, 2.45) is 5.92 Å². The first-order valence-corrected chi connectivity index (χ1v) is 11.4. The molecule has 1 amide bonds. The van der Waals surface area contributed by atoms with Crippen LogP contribution in [0.3, 0.4) is 0 Å². The second kappa shape index (κ2) is 7.32. The summed E-state index contributed by atoms with van der Waals surface area (Å²) in [7, 11) is 0. The molecule has 2 fully saturated rings. The lowest BCUT2D eigenvalue weighted by molar-refractivity contribution is -0.120. The number of hydrogen-bond donors (Lipinski definition) is 1. The average molecular weight is 435 g/mol. The van der Waals surface area contributed by atoms with Crippen LogP contribution >= 0.6 is 11.3 Å². The lowest BCUT2D eigenvalue weighted by Gasteiger charge is -2.31. The summed E-state index contributed by atoms with van der Waals surface area (Å²) in [6.45, 7) is 3.40. The van der Waals surface area contributed by atoms with Gasteiger partial charge in [0.2, 0.25) is 5.91 Å². The molecule has 1 aliphatic carbocycles. The summed E-state index contributed by atoms with van der Waals surface area (Å²) in [5.74, 6) is 2.31. The maximum atomic E-state index is 11.4. The molecule has 2 bridgehead atoms. The summed E-state index contributed by atoms with van der Waals surface area (Å²) in [5, 5.41) is 4.71. The molecule has 2 aliphatic rings. The van der Waals surface area contributed by atoms with Crippen LogP contribution in [-0.4, -0.2) is 39.4 Å². The fourth-order valence-corrected chi connectivity index (χ4v) is 5.78. The molecule has 1 saturated heterocycles. The van der Waals surface area contributed by atoms with Crippen LogP contribution in [0.2, 0.25) is 0 Å². The highest BCUT2D eigenvalue weighted by Crippen LogP contribution is 2.39. The average Bonchev–Trinajstić information content (AvgIpc) is 3.49.